The largest absolute Gasteiger partial charge is 0.251 e. The van der Waals surface area contributed by atoms with Gasteiger partial charge in [0.25, 0.3) is 5.52 Å². The Morgan fingerprint density at radius 2 is 2.15 bits per heavy atom. The van der Waals surface area contributed by atoms with E-state index < -0.39 is 0 Å². The van der Waals surface area contributed by atoms with Crippen molar-refractivity contribution in [1.82, 2.24) is 9.97 Å². The molecular formula is C10H12N3+. The second-order valence-corrected chi connectivity index (χ2v) is 3.34. The minimum Gasteiger partial charge on any atom is -0.234 e. The minimum atomic E-state index is 0.421. The van der Waals surface area contributed by atoms with Crippen LogP contribution in [0.1, 0.15) is 25.5 Å². The molecule has 0 aliphatic rings. The molecule has 0 spiro atoms. The van der Waals surface area contributed by atoms with Gasteiger partial charge in [-0.2, -0.15) is 0 Å². The number of rotatable bonds is 1. The van der Waals surface area contributed by atoms with E-state index in [0.717, 1.165) is 16.7 Å². The van der Waals surface area contributed by atoms with E-state index in [9.17, 15) is 0 Å². The van der Waals surface area contributed by atoms with Crippen molar-refractivity contribution in [2.75, 3.05) is 0 Å². The van der Waals surface area contributed by atoms with Crippen molar-refractivity contribution >= 4 is 11.0 Å². The molecule has 0 unspecified atom stereocenters. The zero-order valence-corrected chi connectivity index (χ0v) is 7.78. The lowest BCUT2D eigenvalue weighted by atomic mass is 10.1. The second kappa shape index (κ2) is 3.09. The van der Waals surface area contributed by atoms with Gasteiger partial charge in [0.2, 0.25) is 0 Å². The Bertz CT molecular complexity index is 418. The topological polar surface area (TPSA) is 39.9 Å². The van der Waals surface area contributed by atoms with Crippen LogP contribution < -0.4 is 4.98 Å². The van der Waals surface area contributed by atoms with Crippen molar-refractivity contribution in [2.24, 2.45) is 0 Å². The maximum Gasteiger partial charge on any atom is 0.251 e. The van der Waals surface area contributed by atoms with Gasteiger partial charge in [-0.1, -0.05) is 13.8 Å². The summed E-state index contributed by atoms with van der Waals surface area (Å²) in [6.45, 7) is 4.26. The van der Waals surface area contributed by atoms with E-state index in [2.05, 4.69) is 28.8 Å². The lowest BCUT2D eigenvalue weighted by Gasteiger charge is -2.01. The van der Waals surface area contributed by atoms with Crippen LogP contribution in [0.2, 0.25) is 0 Å². The fourth-order valence-corrected chi connectivity index (χ4v) is 1.40. The predicted octanol–water partition coefficient (Wildman–Crippen LogP) is 1.57. The van der Waals surface area contributed by atoms with Crippen LogP contribution in [0.3, 0.4) is 0 Å². The van der Waals surface area contributed by atoms with Crippen LogP contribution in [-0.4, -0.2) is 9.97 Å². The first-order valence-corrected chi connectivity index (χ1v) is 4.40. The second-order valence-electron chi connectivity index (χ2n) is 3.34. The van der Waals surface area contributed by atoms with Crippen LogP contribution >= 0.6 is 0 Å². The molecule has 2 aromatic heterocycles. The Kier molecular flexibility index (Phi) is 1.93. The lowest BCUT2D eigenvalue weighted by molar-refractivity contribution is -0.345. The van der Waals surface area contributed by atoms with Crippen LogP contribution in [0.15, 0.2) is 24.7 Å². The molecule has 0 aliphatic heterocycles. The molecule has 1 N–H and O–H groups in total. The SMILES string of the molecule is CC(C)c1ncnc2ccc[nH+]c12. The molecule has 2 rings (SSSR count). The van der Waals surface area contributed by atoms with Crippen molar-refractivity contribution in [3.8, 4) is 0 Å². The first-order valence-electron chi connectivity index (χ1n) is 4.40. The summed E-state index contributed by atoms with van der Waals surface area (Å²) < 4.78 is 0. The van der Waals surface area contributed by atoms with Crippen LogP contribution in [0.5, 0.6) is 0 Å². The van der Waals surface area contributed by atoms with Crippen molar-refractivity contribution in [2.45, 2.75) is 19.8 Å². The van der Waals surface area contributed by atoms with E-state index in [-0.39, 0.29) is 0 Å². The number of nitrogens with one attached hydrogen (secondary N) is 1. The fourth-order valence-electron chi connectivity index (χ4n) is 1.40. The van der Waals surface area contributed by atoms with Gasteiger partial charge in [0, 0.05) is 12.0 Å². The molecule has 13 heavy (non-hydrogen) atoms. The number of pyridine rings is 1. The van der Waals surface area contributed by atoms with E-state index in [1.54, 1.807) is 6.33 Å². The molecule has 0 saturated heterocycles. The molecule has 0 fully saturated rings. The number of aromatic amines is 1. The van der Waals surface area contributed by atoms with Gasteiger partial charge in [0.05, 0.1) is 0 Å². The summed E-state index contributed by atoms with van der Waals surface area (Å²) in [5.41, 5.74) is 3.09. The highest BCUT2D eigenvalue weighted by molar-refractivity contribution is 5.72. The third-order valence-electron chi connectivity index (χ3n) is 2.03. The summed E-state index contributed by atoms with van der Waals surface area (Å²) in [6.07, 6.45) is 3.52. The van der Waals surface area contributed by atoms with Crippen molar-refractivity contribution in [3.63, 3.8) is 0 Å². The van der Waals surface area contributed by atoms with E-state index in [1.165, 1.54) is 0 Å². The van der Waals surface area contributed by atoms with E-state index in [4.69, 9.17) is 0 Å². The molecule has 3 nitrogen and oxygen atoms in total. The molecular weight excluding hydrogens is 162 g/mol. The molecule has 0 aliphatic carbocycles. The van der Waals surface area contributed by atoms with Crippen LogP contribution in [0.4, 0.5) is 0 Å². The summed E-state index contributed by atoms with van der Waals surface area (Å²) in [7, 11) is 0. The van der Waals surface area contributed by atoms with Crippen molar-refractivity contribution < 1.29 is 4.98 Å². The van der Waals surface area contributed by atoms with Gasteiger partial charge in [-0.05, 0) is 6.07 Å². The molecule has 0 aromatic carbocycles. The standard InChI is InChI=1S/C10H11N3/c1-7(2)9-10-8(12-6-13-9)4-3-5-11-10/h3-7H,1-2H3/p+1. The third kappa shape index (κ3) is 1.37. The number of aromatic nitrogens is 3. The van der Waals surface area contributed by atoms with Gasteiger partial charge < -0.3 is 0 Å². The normalized spacial score (nSPS) is 11.0. The van der Waals surface area contributed by atoms with Gasteiger partial charge >= 0.3 is 0 Å². The zero-order chi connectivity index (χ0) is 9.26. The summed E-state index contributed by atoms with van der Waals surface area (Å²) in [6, 6.07) is 3.93. The Morgan fingerprint density at radius 3 is 2.92 bits per heavy atom. The van der Waals surface area contributed by atoms with Crippen LogP contribution in [-0.2, 0) is 0 Å². The zero-order valence-electron chi connectivity index (χ0n) is 7.78. The molecule has 0 bridgehead atoms. The maximum atomic E-state index is 4.26. The fraction of sp³-hybridized carbons (Fsp3) is 0.300. The maximum absolute atomic E-state index is 4.26. The first-order chi connectivity index (χ1) is 6.29. The van der Waals surface area contributed by atoms with Crippen LogP contribution in [0, 0.1) is 0 Å². The lowest BCUT2D eigenvalue weighted by Crippen LogP contribution is -2.08. The highest BCUT2D eigenvalue weighted by Crippen LogP contribution is 2.16. The van der Waals surface area contributed by atoms with Gasteiger partial charge in [-0.15, -0.1) is 0 Å². The molecule has 2 heterocycles. The van der Waals surface area contributed by atoms with Crippen molar-refractivity contribution in [3.05, 3.63) is 30.4 Å². The molecule has 66 valence electrons. The van der Waals surface area contributed by atoms with Gasteiger partial charge in [0.15, 0.2) is 6.20 Å². The molecule has 0 atom stereocenters. The van der Waals surface area contributed by atoms with Crippen LogP contribution in [0.25, 0.3) is 11.0 Å². The Morgan fingerprint density at radius 1 is 1.31 bits per heavy atom. The minimum absolute atomic E-state index is 0.421. The highest BCUT2D eigenvalue weighted by atomic mass is 14.9. The van der Waals surface area contributed by atoms with Crippen molar-refractivity contribution in [1.29, 1.82) is 0 Å². The average Bonchev–Trinajstić information content (AvgIpc) is 2.17. The van der Waals surface area contributed by atoms with Gasteiger partial charge in [-0.25, -0.2) is 15.0 Å². The summed E-state index contributed by atoms with van der Waals surface area (Å²) >= 11 is 0. The number of fused-ring (bicyclic) bond motifs is 1. The number of hydrogen-bond acceptors (Lipinski definition) is 2. The average molecular weight is 174 g/mol. The Balaban J connectivity index is 2.76. The third-order valence-corrected chi connectivity index (χ3v) is 2.03. The summed E-state index contributed by atoms with van der Waals surface area (Å²) in [4.78, 5) is 11.6. The van der Waals surface area contributed by atoms with E-state index >= 15 is 0 Å². The molecule has 3 heteroatoms. The number of nitrogens with zero attached hydrogens (tertiary/aromatic N) is 2. The number of H-pyrrole nitrogens is 1. The highest BCUT2D eigenvalue weighted by Gasteiger charge is 2.11. The molecule has 0 amide bonds. The Labute approximate surface area is 76.9 Å². The smallest absolute Gasteiger partial charge is 0.234 e. The number of hydrogen-bond donors (Lipinski definition) is 0. The Hall–Kier alpha value is -1.51. The molecule has 0 radical (unpaired) electrons. The summed E-state index contributed by atoms with van der Waals surface area (Å²) in [5.74, 6) is 0.421. The molecule has 2 aromatic rings. The van der Waals surface area contributed by atoms with Gasteiger partial charge in [0.1, 0.15) is 17.5 Å². The van der Waals surface area contributed by atoms with E-state index in [1.807, 2.05) is 18.3 Å². The first kappa shape index (κ1) is 8.10. The molecule has 0 saturated carbocycles. The predicted molar refractivity (Wildman–Crippen MR) is 50.2 cm³/mol. The summed E-state index contributed by atoms with van der Waals surface area (Å²) in [5, 5.41) is 0. The monoisotopic (exact) mass is 174 g/mol. The van der Waals surface area contributed by atoms with E-state index in [0.29, 0.717) is 5.92 Å². The van der Waals surface area contributed by atoms with Gasteiger partial charge in [-0.3, -0.25) is 0 Å². The quantitative estimate of drug-likeness (QED) is 0.658.